The maximum atomic E-state index is 11.5. The van der Waals surface area contributed by atoms with Gasteiger partial charge in [0.1, 0.15) is 0 Å². The van der Waals surface area contributed by atoms with Crippen molar-refractivity contribution in [1.29, 1.82) is 0 Å². The van der Waals surface area contributed by atoms with Crippen LogP contribution in [-0.4, -0.2) is 13.1 Å². The van der Waals surface area contributed by atoms with Crippen molar-refractivity contribution in [1.82, 2.24) is 0 Å². The van der Waals surface area contributed by atoms with Crippen molar-refractivity contribution >= 4 is 28.0 Å². The molecule has 2 nitrogen and oxygen atoms in total. The standard InChI is InChI=1S/C14H17BrO2/c1-14(2,13(16)17-3)10-6-8-11-7-4-5-9-12(11)15/h4-9H,10H2,1-3H3. The largest absolute Gasteiger partial charge is 0.469 e. The Kier molecular flexibility index (Phi) is 4.94. The number of esters is 1. The van der Waals surface area contributed by atoms with E-state index in [-0.39, 0.29) is 5.97 Å². The van der Waals surface area contributed by atoms with Crippen LogP contribution in [0.4, 0.5) is 0 Å². The number of rotatable bonds is 4. The minimum atomic E-state index is -0.480. The highest BCUT2D eigenvalue weighted by Gasteiger charge is 2.26. The van der Waals surface area contributed by atoms with Crippen molar-refractivity contribution < 1.29 is 9.53 Å². The van der Waals surface area contributed by atoms with Gasteiger partial charge in [-0.15, -0.1) is 0 Å². The molecule has 0 amide bonds. The summed E-state index contributed by atoms with van der Waals surface area (Å²) < 4.78 is 5.81. The molecule has 3 heteroatoms. The van der Waals surface area contributed by atoms with Crippen molar-refractivity contribution in [3.8, 4) is 0 Å². The second kappa shape index (κ2) is 6.01. The fraction of sp³-hybridized carbons (Fsp3) is 0.357. The quantitative estimate of drug-likeness (QED) is 0.784. The Hall–Kier alpha value is -1.09. The molecule has 17 heavy (non-hydrogen) atoms. The summed E-state index contributed by atoms with van der Waals surface area (Å²) in [5, 5.41) is 0. The van der Waals surface area contributed by atoms with Crippen molar-refractivity contribution in [2.75, 3.05) is 7.11 Å². The molecule has 0 heterocycles. The Morgan fingerprint density at radius 2 is 2.06 bits per heavy atom. The minimum absolute atomic E-state index is 0.186. The predicted molar refractivity (Wildman–Crippen MR) is 73.6 cm³/mol. The Balaban J connectivity index is 2.68. The van der Waals surface area contributed by atoms with Crippen LogP contribution in [0.1, 0.15) is 25.8 Å². The second-order valence-electron chi connectivity index (χ2n) is 4.50. The average Bonchev–Trinajstić information content (AvgIpc) is 2.30. The van der Waals surface area contributed by atoms with Gasteiger partial charge in [-0.05, 0) is 31.9 Å². The van der Waals surface area contributed by atoms with Gasteiger partial charge in [-0.25, -0.2) is 0 Å². The molecule has 0 unspecified atom stereocenters. The molecular weight excluding hydrogens is 280 g/mol. The number of hydrogen-bond acceptors (Lipinski definition) is 2. The fourth-order valence-electron chi connectivity index (χ4n) is 1.45. The number of ether oxygens (including phenoxy) is 1. The predicted octanol–water partition coefficient (Wildman–Crippen LogP) is 4.05. The van der Waals surface area contributed by atoms with Gasteiger partial charge in [-0.1, -0.05) is 46.3 Å². The zero-order valence-corrected chi connectivity index (χ0v) is 12.0. The van der Waals surface area contributed by atoms with Gasteiger partial charge in [-0.2, -0.15) is 0 Å². The summed E-state index contributed by atoms with van der Waals surface area (Å²) in [5.41, 5.74) is 0.625. The van der Waals surface area contributed by atoms with Gasteiger partial charge in [0, 0.05) is 4.47 Å². The highest BCUT2D eigenvalue weighted by Crippen LogP contribution is 2.24. The lowest BCUT2D eigenvalue weighted by atomic mass is 9.89. The van der Waals surface area contributed by atoms with Crippen molar-refractivity contribution in [2.45, 2.75) is 20.3 Å². The molecule has 0 atom stereocenters. The maximum absolute atomic E-state index is 11.5. The number of carbonyl (C=O) groups excluding carboxylic acids is 1. The van der Waals surface area contributed by atoms with Crippen molar-refractivity contribution in [2.24, 2.45) is 5.41 Å². The lowest BCUT2D eigenvalue weighted by Crippen LogP contribution is -2.24. The van der Waals surface area contributed by atoms with Gasteiger partial charge in [-0.3, -0.25) is 4.79 Å². The second-order valence-corrected chi connectivity index (χ2v) is 5.36. The third kappa shape index (κ3) is 4.00. The number of benzene rings is 1. The zero-order chi connectivity index (χ0) is 12.9. The van der Waals surface area contributed by atoms with Gasteiger partial charge in [0.05, 0.1) is 12.5 Å². The van der Waals surface area contributed by atoms with E-state index in [1.165, 1.54) is 7.11 Å². The minimum Gasteiger partial charge on any atom is -0.469 e. The average molecular weight is 297 g/mol. The number of methoxy groups -OCH3 is 1. The first-order valence-corrected chi connectivity index (χ1v) is 6.26. The summed E-state index contributed by atoms with van der Waals surface area (Å²) >= 11 is 3.48. The number of halogens is 1. The summed E-state index contributed by atoms with van der Waals surface area (Å²) in [6.07, 6.45) is 4.66. The Labute approximate surface area is 111 Å². The molecule has 0 saturated carbocycles. The summed E-state index contributed by atoms with van der Waals surface area (Å²) in [5.74, 6) is -0.186. The van der Waals surface area contributed by atoms with E-state index < -0.39 is 5.41 Å². The van der Waals surface area contributed by atoms with Gasteiger partial charge in [0.2, 0.25) is 0 Å². The van der Waals surface area contributed by atoms with Crippen LogP contribution in [-0.2, 0) is 9.53 Å². The van der Waals surface area contributed by atoms with E-state index in [0.29, 0.717) is 6.42 Å². The molecule has 0 bridgehead atoms. The topological polar surface area (TPSA) is 26.3 Å². The lowest BCUT2D eigenvalue weighted by molar-refractivity contribution is -0.150. The summed E-state index contributed by atoms with van der Waals surface area (Å²) in [4.78, 5) is 11.5. The first-order valence-electron chi connectivity index (χ1n) is 5.47. The van der Waals surface area contributed by atoms with Crippen LogP contribution >= 0.6 is 15.9 Å². The molecule has 1 rings (SSSR count). The number of hydrogen-bond donors (Lipinski definition) is 0. The Morgan fingerprint density at radius 3 is 2.65 bits per heavy atom. The van der Waals surface area contributed by atoms with E-state index in [2.05, 4.69) is 15.9 Å². The SMILES string of the molecule is COC(=O)C(C)(C)CC=Cc1ccccc1Br. The van der Waals surface area contributed by atoms with Crippen LogP contribution in [0.15, 0.2) is 34.8 Å². The van der Waals surface area contributed by atoms with Crippen molar-refractivity contribution in [3.05, 3.63) is 40.4 Å². The molecule has 0 radical (unpaired) electrons. The molecular formula is C14H17BrO2. The Morgan fingerprint density at radius 1 is 1.41 bits per heavy atom. The molecule has 0 aliphatic heterocycles. The van der Waals surface area contributed by atoms with Crippen LogP contribution in [0.5, 0.6) is 0 Å². The normalized spacial score (nSPS) is 11.8. The lowest BCUT2D eigenvalue weighted by Gasteiger charge is -2.18. The monoisotopic (exact) mass is 296 g/mol. The number of carbonyl (C=O) groups is 1. The molecule has 0 spiro atoms. The first kappa shape index (κ1) is 14.0. The van der Waals surface area contributed by atoms with E-state index in [0.717, 1.165) is 10.0 Å². The highest BCUT2D eigenvalue weighted by molar-refractivity contribution is 9.10. The van der Waals surface area contributed by atoms with E-state index in [1.807, 2.05) is 50.3 Å². The molecule has 0 aromatic heterocycles. The first-order chi connectivity index (χ1) is 7.97. The maximum Gasteiger partial charge on any atom is 0.311 e. The van der Waals surface area contributed by atoms with Crippen LogP contribution in [0, 0.1) is 5.41 Å². The molecule has 0 saturated heterocycles. The summed E-state index contributed by atoms with van der Waals surface area (Å²) in [6, 6.07) is 7.96. The molecule has 0 aliphatic carbocycles. The van der Waals surface area contributed by atoms with Crippen molar-refractivity contribution in [3.63, 3.8) is 0 Å². The molecule has 1 aromatic carbocycles. The molecule has 0 aliphatic rings. The van der Waals surface area contributed by atoms with Crippen LogP contribution in [0.2, 0.25) is 0 Å². The number of allylic oxidation sites excluding steroid dienone is 1. The third-order valence-electron chi connectivity index (χ3n) is 2.57. The summed E-state index contributed by atoms with van der Waals surface area (Å²) in [6.45, 7) is 3.76. The molecule has 1 aromatic rings. The highest BCUT2D eigenvalue weighted by atomic mass is 79.9. The van der Waals surface area contributed by atoms with E-state index in [9.17, 15) is 4.79 Å². The smallest absolute Gasteiger partial charge is 0.311 e. The Bertz CT molecular complexity index is 422. The van der Waals surface area contributed by atoms with Crippen LogP contribution in [0.3, 0.4) is 0 Å². The molecule has 92 valence electrons. The van der Waals surface area contributed by atoms with Crippen LogP contribution in [0.25, 0.3) is 6.08 Å². The zero-order valence-electron chi connectivity index (χ0n) is 10.4. The fourth-order valence-corrected chi connectivity index (χ4v) is 1.87. The van der Waals surface area contributed by atoms with E-state index >= 15 is 0 Å². The van der Waals surface area contributed by atoms with Gasteiger partial charge < -0.3 is 4.74 Å². The molecule has 0 N–H and O–H groups in total. The van der Waals surface area contributed by atoms with E-state index in [4.69, 9.17) is 4.74 Å². The summed E-state index contributed by atoms with van der Waals surface area (Å²) in [7, 11) is 1.42. The van der Waals surface area contributed by atoms with Crippen LogP contribution < -0.4 is 0 Å². The van der Waals surface area contributed by atoms with Gasteiger partial charge in [0.15, 0.2) is 0 Å². The van der Waals surface area contributed by atoms with E-state index in [1.54, 1.807) is 0 Å². The van der Waals surface area contributed by atoms with Gasteiger partial charge >= 0.3 is 5.97 Å². The molecule has 0 fully saturated rings. The third-order valence-corrected chi connectivity index (χ3v) is 3.29. The van der Waals surface area contributed by atoms with Gasteiger partial charge in [0.25, 0.3) is 0 Å².